The van der Waals surface area contributed by atoms with Gasteiger partial charge in [0.25, 0.3) is 0 Å². The van der Waals surface area contributed by atoms with Crippen LogP contribution < -0.4 is 0 Å². The van der Waals surface area contributed by atoms with Crippen LogP contribution in [0.4, 0.5) is 0 Å². The molecule has 1 fully saturated rings. The van der Waals surface area contributed by atoms with Gasteiger partial charge in [-0.15, -0.1) is 0 Å². The second-order valence-corrected chi connectivity index (χ2v) is 6.22. The van der Waals surface area contributed by atoms with Crippen molar-refractivity contribution in [3.05, 3.63) is 35.9 Å². The number of aryl methyl sites for hydroxylation is 1. The van der Waals surface area contributed by atoms with E-state index in [-0.39, 0.29) is 5.91 Å². The third kappa shape index (κ3) is 3.98. The number of likely N-dealkylation sites (tertiary alicyclic amines) is 1. The van der Waals surface area contributed by atoms with Gasteiger partial charge in [0.1, 0.15) is 0 Å². The Hall–Kier alpha value is -1.00. The van der Waals surface area contributed by atoms with Crippen molar-refractivity contribution in [2.24, 2.45) is 0 Å². The molecule has 1 aliphatic heterocycles. The molecule has 0 radical (unpaired) electrons. The van der Waals surface area contributed by atoms with E-state index in [1.54, 1.807) is 16.7 Å². The summed E-state index contributed by atoms with van der Waals surface area (Å²) in [4.78, 5) is 13.6. The molecule has 1 heterocycles. The average molecular weight is 279 g/mol. The first-order chi connectivity index (χ1) is 9.13. The van der Waals surface area contributed by atoms with E-state index >= 15 is 0 Å². The first-order valence-corrected chi connectivity index (χ1v) is 7.90. The van der Waals surface area contributed by atoms with Gasteiger partial charge in [-0.2, -0.15) is 11.8 Å². The van der Waals surface area contributed by atoms with Crippen molar-refractivity contribution in [1.29, 1.82) is 0 Å². The number of amides is 1. The highest BCUT2D eigenvalue weighted by Crippen LogP contribution is 2.24. The SMILES string of the molecule is CCC1(O)CN(C(=O)CSCCc2ccccc2)C1. The lowest BCUT2D eigenvalue weighted by molar-refractivity contribution is -0.152. The molecule has 3 nitrogen and oxygen atoms in total. The molecule has 1 saturated heterocycles. The molecule has 2 rings (SSSR count). The third-order valence-electron chi connectivity index (χ3n) is 3.58. The molecular formula is C15H21NO2S. The number of β-amino-alcohol motifs (C(OH)–C–C–N with tert-alkyl or cyclic N) is 1. The van der Waals surface area contributed by atoms with Crippen LogP contribution in [0.25, 0.3) is 0 Å². The first-order valence-electron chi connectivity index (χ1n) is 6.75. The Morgan fingerprint density at radius 2 is 2.05 bits per heavy atom. The minimum absolute atomic E-state index is 0.149. The van der Waals surface area contributed by atoms with Crippen LogP contribution in [0.3, 0.4) is 0 Å². The van der Waals surface area contributed by atoms with E-state index in [1.807, 2.05) is 25.1 Å². The van der Waals surface area contributed by atoms with Gasteiger partial charge < -0.3 is 10.0 Å². The minimum atomic E-state index is -0.621. The fourth-order valence-corrected chi connectivity index (χ4v) is 3.03. The number of nitrogens with zero attached hydrogens (tertiary/aromatic N) is 1. The van der Waals surface area contributed by atoms with Gasteiger partial charge in [-0.3, -0.25) is 4.79 Å². The molecule has 1 amide bonds. The van der Waals surface area contributed by atoms with Gasteiger partial charge in [-0.25, -0.2) is 0 Å². The third-order valence-corrected chi connectivity index (χ3v) is 4.53. The van der Waals surface area contributed by atoms with Gasteiger partial charge in [0.05, 0.1) is 24.4 Å². The van der Waals surface area contributed by atoms with Crippen molar-refractivity contribution in [2.75, 3.05) is 24.6 Å². The molecule has 0 aromatic heterocycles. The van der Waals surface area contributed by atoms with Gasteiger partial charge in [0.2, 0.25) is 5.91 Å². The lowest BCUT2D eigenvalue weighted by Crippen LogP contribution is -2.63. The van der Waals surface area contributed by atoms with Crippen molar-refractivity contribution in [2.45, 2.75) is 25.4 Å². The van der Waals surface area contributed by atoms with Crippen LogP contribution in [0.2, 0.25) is 0 Å². The summed E-state index contributed by atoms with van der Waals surface area (Å²) in [6.45, 7) is 2.96. The average Bonchev–Trinajstić information content (AvgIpc) is 2.41. The smallest absolute Gasteiger partial charge is 0.232 e. The van der Waals surface area contributed by atoms with Gasteiger partial charge in [-0.05, 0) is 24.2 Å². The molecule has 0 bridgehead atoms. The van der Waals surface area contributed by atoms with E-state index in [9.17, 15) is 9.90 Å². The maximum absolute atomic E-state index is 11.8. The zero-order chi connectivity index (χ0) is 13.7. The molecule has 1 aliphatic rings. The van der Waals surface area contributed by atoms with Gasteiger partial charge in [0.15, 0.2) is 0 Å². The zero-order valence-corrected chi connectivity index (χ0v) is 12.2. The van der Waals surface area contributed by atoms with Crippen molar-refractivity contribution in [1.82, 2.24) is 4.90 Å². The molecule has 104 valence electrons. The molecular weight excluding hydrogens is 258 g/mol. The summed E-state index contributed by atoms with van der Waals surface area (Å²) >= 11 is 1.67. The van der Waals surface area contributed by atoms with E-state index in [0.29, 0.717) is 18.8 Å². The summed E-state index contributed by atoms with van der Waals surface area (Å²) in [5.74, 6) is 1.63. The van der Waals surface area contributed by atoms with Crippen LogP contribution in [0, 0.1) is 0 Å². The fraction of sp³-hybridized carbons (Fsp3) is 0.533. The topological polar surface area (TPSA) is 40.5 Å². The van der Waals surface area contributed by atoms with E-state index in [1.165, 1.54) is 5.56 Å². The summed E-state index contributed by atoms with van der Waals surface area (Å²) in [5, 5.41) is 9.86. The molecule has 0 saturated carbocycles. The molecule has 1 aromatic rings. The van der Waals surface area contributed by atoms with E-state index < -0.39 is 5.60 Å². The van der Waals surface area contributed by atoms with Crippen molar-refractivity contribution >= 4 is 17.7 Å². The lowest BCUT2D eigenvalue weighted by atomic mass is 9.91. The number of hydrogen-bond donors (Lipinski definition) is 1. The van der Waals surface area contributed by atoms with E-state index in [2.05, 4.69) is 12.1 Å². The Bertz CT molecular complexity index is 415. The highest BCUT2D eigenvalue weighted by Gasteiger charge is 2.41. The maximum Gasteiger partial charge on any atom is 0.232 e. The van der Waals surface area contributed by atoms with Crippen molar-refractivity contribution in [3.8, 4) is 0 Å². The van der Waals surface area contributed by atoms with Crippen LogP contribution in [-0.4, -0.2) is 46.1 Å². The highest BCUT2D eigenvalue weighted by molar-refractivity contribution is 7.99. The van der Waals surface area contributed by atoms with Crippen molar-refractivity contribution < 1.29 is 9.90 Å². The van der Waals surface area contributed by atoms with Crippen LogP contribution in [0.15, 0.2) is 30.3 Å². The molecule has 0 aliphatic carbocycles. The van der Waals surface area contributed by atoms with Gasteiger partial charge in [-0.1, -0.05) is 37.3 Å². The van der Waals surface area contributed by atoms with Crippen molar-refractivity contribution in [3.63, 3.8) is 0 Å². The Balaban J connectivity index is 1.60. The molecule has 0 atom stereocenters. The summed E-state index contributed by atoms with van der Waals surface area (Å²) in [6, 6.07) is 10.3. The summed E-state index contributed by atoms with van der Waals surface area (Å²) in [7, 11) is 0. The maximum atomic E-state index is 11.8. The molecule has 19 heavy (non-hydrogen) atoms. The summed E-state index contributed by atoms with van der Waals surface area (Å²) in [5.41, 5.74) is 0.691. The van der Waals surface area contributed by atoms with Crippen LogP contribution >= 0.6 is 11.8 Å². The molecule has 1 N–H and O–H groups in total. The predicted octanol–water partition coefficient (Wildman–Crippen LogP) is 1.95. The molecule has 0 unspecified atom stereocenters. The minimum Gasteiger partial charge on any atom is -0.386 e. The standard InChI is InChI=1S/C15H21NO2S/c1-2-15(18)11-16(12-15)14(17)10-19-9-8-13-6-4-3-5-7-13/h3-7,18H,2,8-12H2,1H3. The van der Waals surface area contributed by atoms with Gasteiger partial charge in [0, 0.05) is 0 Å². The van der Waals surface area contributed by atoms with E-state index in [4.69, 9.17) is 0 Å². The second-order valence-electron chi connectivity index (χ2n) is 5.12. The second kappa shape index (κ2) is 6.44. The Morgan fingerprint density at radius 1 is 1.37 bits per heavy atom. The van der Waals surface area contributed by atoms with Crippen LogP contribution in [0.1, 0.15) is 18.9 Å². The summed E-state index contributed by atoms with van der Waals surface area (Å²) < 4.78 is 0. The monoisotopic (exact) mass is 279 g/mol. The quantitative estimate of drug-likeness (QED) is 0.809. The first kappa shape index (κ1) is 14.4. The number of carbonyl (C=O) groups excluding carboxylic acids is 1. The predicted molar refractivity (Wildman–Crippen MR) is 79.3 cm³/mol. The Kier molecular flexibility index (Phi) is 4.88. The fourth-order valence-electron chi connectivity index (χ4n) is 2.15. The van der Waals surface area contributed by atoms with Gasteiger partial charge >= 0.3 is 0 Å². The van der Waals surface area contributed by atoms with Crippen LogP contribution in [0.5, 0.6) is 0 Å². The number of rotatable bonds is 6. The Morgan fingerprint density at radius 3 is 2.68 bits per heavy atom. The lowest BCUT2D eigenvalue weighted by Gasteiger charge is -2.46. The normalized spacial score (nSPS) is 17.1. The van der Waals surface area contributed by atoms with E-state index in [0.717, 1.165) is 18.6 Å². The number of hydrogen-bond acceptors (Lipinski definition) is 3. The zero-order valence-electron chi connectivity index (χ0n) is 11.3. The summed E-state index contributed by atoms with van der Waals surface area (Å²) in [6.07, 6.45) is 1.72. The number of benzene rings is 1. The largest absolute Gasteiger partial charge is 0.386 e. The van der Waals surface area contributed by atoms with Crippen LogP contribution in [-0.2, 0) is 11.2 Å². The highest BCUT2D eigenvalue weighted by atomic mass is 32.2. The molecule has 0 spiro atoms. The Labute approximate surface area is 119 Å². The number of aliphatic hydroxyl groups is 1. The number of carbonyl (C=O) groups is 1. The molecule has 4 heteroatoms. The molecule has 1 aromatic carbocycles. The number of thioether (sulfide) groups is 1.